The Bertz CT molecular complexity index is 3520. The lowest BCUT2D eigenvalue weighted by Crippen LogP contribution is -2.64. The molecule has 25 nitrogen and oxygen atoms in total. The van der Waals surface area contributed by atoms with Crippen molar-refractivity contribution in [3.05, 3.63) is 70.5 Å². The van der Waals surface area contributed by atoms with Gasteiger partial charge in [0.2, 0.25) is 70.9 Å². The highest BCUT2D eigenvalue weighted by Crippen LogP contribution is 2.37. The molecule has 0 unspecified atom stereocenters. The van der Waals surface area contributed by atoms with Crippen molar-refractivity contribution in [3.8, 4) is 0 Å². The van der Waals surface area contributed by atoms with Crippen LogP contribution in [-0.2, 0) is 81.5 Å². The average Bonchev–Trinajstić information content (AvgIpc) is 1.55. The second-order valence-corrected chi connectivity index (χ2v) is 31.9. The van der Waals surface area contributed by atoms with Gasteiger partial charge in [0.1, 0.15) is 53.6 Å². The molecule has 3 N–H and O–H groups in total. The number of fused-ring (bicyclic) bond motifs is 1. The maximum atomic E-state index is 15.8. The van der Waals surface area contributed by atoms with E-state index in [4.69, 9.17) is 4.74 Å². The van der Waals surface area contributed by atoms with Crippen molar-refractivity contribution >= 4 is 70.9 Å². The van der Waals surface area contributed by atoms with Crippen LogP contribution in [0.15, 0.2) is 42.5 Å². The molecule has 2 saturated carbocycles. The van der Waals surface area contributed by atoms with Gasteiger partial charge < -0.3 is 64.8 Å². The molecule has 0 radical (unpaired) electrons. The summed E-state index contributed by atoms with van der Waals surface area (Å²) in [5.41, 5.74) is -1.49. The van der Waals surface area contributed by atoms with Gasteiger partial charge in [0.15, 0.2) is 0 Å². The molecular formula is C79H118F4N12O13. The quantitative estimate of drug-likeness (QED) is 0.154. The first-order valence-corrected chi connectivity index (χ1v) is 38.7. The molecule has 5 aliphatic rings. The van der Waals surface area contributed by atoms with Gasteiger partial charge in [-0.2, -0.15) is 13.2 Å². The standard InChI is InChI=1S/C79H118F4N12O13/c1-15-51(6)69-76(106)89(10)46-67(98)87(8)47-68(99)91(12)63(41-53-27-18-16-19-28-53)73(103)88(9)45-65(96)84-59(33-31-54-30-32-57(58(80)40-54)79(81,82)83)72(102)95-44-56(108-48-55-29-21-20-26-52(55)7)42-61(95)71(101)86-78(34-22-23-35-78)77(107)93(14)62(39-50(4)5)74(104)92(13)64(75(105)94-36-24-17-25-37-94)43-66(97)90(11)60(38-49(2)3)70(100)85-69/h20-21,26,29-30,32,40,49-51,53,56,59-64,69H,15-19,22-25,27-28,31,33-39,41-48H2,1-14H3,(H,84,96)(H,85,100)(H,86,101)/t51-,56+,59-,60-,61-,62-,63-,64-,69-/m0/s1. The number of rotatable bonds is 15. The molecule has 29 heteroatoms. The van der Waals surface area contributed by atoms with E-state index in [2.05, 4.69) is 16.0 Å². The summed E-state index contributed by atoms with van der Waals surface area (Å²) >= 11 is 0. The molecule has 2 aliphatic carbocycles. The predicted molar refractivity (Wildman–Crippen MR) is 397 cm³/mol. The molecule has 3 saturated heterocycles. The molecular weight excluding hydrogens is 1400 g/mol. The van der Waals surface area contributed by atoms with Gasteiger partial charge in [-0.15, -0.1) is 0 Å². The number of benzene rings is 2. The second-order valence-electron chi connectivity index (χ2n) is 31.9. The number of carbonyl (C=O) groups is 12. The summed E-state index contributed by atoms with van der Waals surface area (Å²) in [6.45, 7) is 11.5. The van der Waals surface area contributed by atoms with E-state index in [0.717, 1.165) is 70.4 Å². The number of likely N-dealkylation sites (tertiary alicyclic amines) is 1. The number of hydrogen-bond acceptors (Lipinski definition) is 13. The lowest BCUT2D eigenvalue weighted by atomic mass is 9.84. The molecule has 1 spiro atoms. The van der Waals surface area contributed by atoms with Crippen LogP contribution >= 0.6 is 0 Å². The minimum absolute atomic E-state index is 0.0226. The molecule has 2 aromatic rings. The molecule has 600 valence electrons. The Morgan fingerprint density at radius 1 is 0.639 bits per heavy atom. The lowest BCUT2D eigenvalue weighted by molar-refractivity contribution is -0.155. The van der Waals surface area contributed by atoms with Gasteiger partial charge in [-0.25, -0.2) is 4.39 Å². The van der Waals surface area contributed by atoms with Crippen LogP contribution in [0.2, 0.25) is 0 Å². The lowest BCUT2D eigenvalue weighted by Gasteiger charge is -2.41. The van der Waals surface area contributed by atoms with E-state index in [-0.39, 0.29) is 87.8 Å². The maximum Gasteiger partial charge on any atom is 0.419 e. The number of halogens is 4. The molecule has 3 aliphatic heterocycles. The number of amides is 12. The molecule has 12 amide bonds. The number of aryl methyl sites for hydroxylation is 2. The first-order valence-electron chi connectivity index (χ1n) is 38.7. The second kappa shape index (κ2) is 38.9. The topological polar surface area (TPSA) is 279 Å². The van der Waals surface area contributed by atoms with Crippen LogP contribution in [0.4, 0.5) is 17.6 Å². The largest absolute Gasteiger partial charge is 0.419 e. The fraction of sp³-hybridized carbons (Fsp3) is 0.696. The summed E-state index contributed by atoms with van der Waals surface area (Å²) in [5.74, 6) is -11.0. The van der Waals surface area contributed by atoms with E-state index in [1.54, 1.807) is 11.8 Å². The summed E-state index contributed by atoms with van der Waals surface area (Å²) in [4.78, 5) is 192. The first-order chi connectivity index (χ1) is 50.9. The van der Waals surface area contributed by atoms with Gasteiger partial charge in [-0.05, 0) is 124 Å². The van der Waals surface area contributed by atoms with E-state index >= 15 is 38.0 Å². The number of ether oxygens (including phenoxy) is 1. The van der Waals surface area contributed by atoms with Crippen molar-refractivity contribution in [1.29, 1.82) is 0 Å². The Morgan fingerprint density at radius 3 is 1.85 bits per heavy atom. The fourth-order valence-corrected chi connectivity index (χ4v) is 15.7. The molecule has 0 bridgehead atoms. The van der Waals surface area contributed by atoms with Gasteiger partial charge in [0, 0.05) is 75.4 Å². The Morgan fingerprint density at radius 2 is 1.24 bits per heavy atom. The van der Waals surface area contributed by atoms with Crippen molar-refractivity contribution in [2.24, 2.45) is 23.7 Å². The molecule has 0 aromatic heterocycles. The third kappa shape index (κ3) is 22.5. The zero-order chi connectivity index (χ0) is 79.8. The highest BCUT2D eigenvalue weighted by Gasteiger charge is 2.52. The molecule has 7 rings (SSSR count). The minimum atomic E-state index is -5.03. The van der Waals surface area contributed by atoms with Gasteiger partial charge in [0.05, 0.1) is 44.3 Å². The van der Waals surface area contributed by atoms with Gasteiger partial charge >= 0.3 is 6.18 Å². The third-order valence-corrected chi connectivity index (χ3v) is 22.8. The van der Waals surface area contributed by atoms with Gasteiger partial charge in [-0.3, -0.25) is 57.5 Å². The van der Waals surface area contributed by atoms with Crippen molar-refractivity contribution in [1.82, 2.24) is 60.0 Å². The van der Waals surface area contributed by atoms with Crippen LogP contribution in [0.1, 0.15) is 186 Å². The van der Waals surface area contributed by atoms with Crippen LogP contribution in [0.5, 0.6) is 0 Å². The first kappa shape index (κ1) is 87.0. The SMILES string of the molecule is CC[C@H](C)[C@@H]1NC(=O)[C@H](CC(C)C)N(C)C(=O)C[C@@H](C(=O)N2CCCCC2)N(C)C(=O)[C@H](CC(C)C)N(C)C(=O)C2(CCCC2)NC(=O)[C@@H]2C[C@@H](OCc3ccccc3C)CN2C(=O)[C@H](CCc2ccc(C(F)(F)F)c(F)c2)NC(=O)CN(C)C(=O)[C@H](CC2CCCCC2)N(C)C(=O)CN(C)C(=O)CN(C)C1=O. The smallest absolute Gasteiger partial charge is 0.372 e. The number of hydrogen-bond donors (Lipinski definition) is 3. The molecule has 2 aromatic carbocycles. The highest BCUT2D eigenvalue weighted by atomic mass is 19.4. The summed E-state index contributed by atoms with van der Waals surface area (Å²) in [7, 11) is 9.77. The molecule has 9 atom stereocenters. The molecule has 3 heterocycles. The van der Waals surface area contributed by atoms with E-state index in [0.29, 0.717) is 57.3 Å². The molecule has 5 fully saturated rings. The zero-order valence-electron chi connectivity index (χ0n) is 65.9. The van der Waals surface area contributed by atoms with Crippen LogP contribution in [0.3, 0.4) is 0 Å². The van der Waals surface area contributed by atoms with Crippen LogP contribution in [-0.4, -0.2) is 258 Å². The van der Waals surface area contributed by atoms with Crippen LogP contribution in [0, 0.1) is 36.4 Å². The number of carbonyl (C=O) groups excluding carboxylic acids is 12. The average molecular weight is 1520 g/mol. The predicted octanol–water partition coefficient (Wildman–Crippen LogP) is 6.88. The third-order valence-electron chi connectivity index (χ3n) is 22.8. The Labute approximate surface area is 634 Å². The Kier molecular flexibility index (Phi) is 31.3. The summed E-state index contributed by atoms with van der Waals surface area (Å²) in [6, 6.07) is 0.352. The molecule has 108 heavy (non-hydrogen) atoms. The number of nitrogens with one attached hydrogen (secondary N) is 3. The van der Waals surface area contributed by atoms with E-state index in [1.165, 1.54) is 73.8 Å². The number of alkyl halides is 3. The number of likely N-dealkylation sites (N-methyl/N-ethyl adjacent to an activating group) is 7. The van der Waals surface area contributed by atoms with E-state index in [1.807, 2.05) is 65.8 Å². The van der Waals surface area contributed by atoms with Crippen molar-refractivity contribution in [2.45, 2.75) is 244 Å². The minimum Gasteiger partial charge on any atom is -0.372 e. The fourth-order valence-electron chi connectivity index (χ4n) is 15.7. The van der Waals surface area contributed by atoms with E-state index < -0.39 is 174 Å². The van der Waals surface area contributed by atoms with Crippen LogP contribution < -0.4 is 16.0 Å². The van der Waals surface area contributed by atoms with Crippen molar-refractivity contribution < 1.29 is 79.8 Å². The van der Waals surface area contributed by atoms with Crippen molar-refractivity contribution in [3.63, 3.8) is 0 Å². The Balaban J connectivity index is 1.33. The monoisotopic (exact) mass is 1520 g/mol. The van der Waals surface area contributed by atoms with Crippen molar-refractivity contribution in [2.75, 3.05) is 88.6 Å². The van der Waals surface area contributed by atoms with E-state index in [9.17, 15) is 37.1 Å². The zero-order valence-corrected chi connectivity index (χ0v) is 65.9. The summed E-state index contributed by atoms with van der Waals surface area (Å²) in [6.07, 6.45) is 0.894. The summed E-state index contributed by atoms with van der Waals surface area (Å²) < 4.78 is 63.5. The van der Waals surface area contributed by atoms with Gasteiger partial charge in [-0.1, -0.05) is 123 Å². The summed E-state index contributed by atoms with van der Waals surface area (Å²) in [5, 5.41) is 8.70. The highest BCUT2D eigenvalue weighted by molar-refractivity contribution is 6.01. The Hall–Kier alpha value is -8.24. The number of piperidine rings is 1. The van der Waals surface area contributed by atoms with Crippen LogP contribution in [0.25, 0.3) is 0 Å². The maximum absolute atomic E-state index is 15.8. The number of nitrogens with zero attached hydrogens (tertiary/aromatic N) is 9. The normalized spacial score (nSPS) is 25.5. The van der Waals surface area contributed by atoms with Gasteiger partial charge in [0.25, 0.3) is 0 Å².